The van der Waals surface area contributed by atoms with Crippen LogP contribution in [0.1, 0.15) is 27.2 Å². The molecule has 2 aromatic rings. The van der Waals surface area contributed by atoms with Crippen LogP contribution in [0.3, 0.4) is 0 Å². The first kappa shape index (κ1) is 16.5. The number of likely N-dealkylation sites (tertiary alicyclic amines) is 1. The second-order valence-corrected chi connectivity index (χ2v) is 7.08. The molecule has 6 heteroatoms. The van der Waals surface area contributed by atoms with E-state index in [-0.39, 0.29) is 18.0 Å². The highest BCUT2D eigenvalue weighted by molar-refractivity contribution is 5.91. The smallest absolute Gasteiger partial charge is 0.410 e. The van der Waals surface area contributed by atoms with E-state index in [0.717, 1.165) is 23.0 Å². The van der Waals surface area contributed by atoms with E-state index in [1.165, 1.54) is 12.1 Å². The first-order valence-corrected chi connectivity index (χ1v) is 8.10. The number of carbonyl (C=O) groups is 1. The largest absolute Gasteiger partial charge is 0.444 e. The van der Waals surface area contributed by atoms with Crippen molar-refractivity contribution in [2.24, 2.45) is 0 Å². The van der Waals surface area contributed by atoms with Gasteiger partial charge in [-0.15, -0.1) is 0 Å². The zero-order valence-electron chi connectivity index (χ0n) is 14.2. The predicted molar refractivity (Wildman–Crippen MR) is 91.5 cm³/mol. The van der Waals surface area contributed by atoms with Crippen LogP contribution >= 0.6 is 0 Å². The number of ether oxygens (including phenoxy) is 1. The molecule has 2 heterocycles. The van der Waals surface area contributed by atoms with Crippen molar-refractivity contribution in [2.45, 2.75) is 38.8 Å². The Bertz CT molecular complexity index is 758. The number of hydrogen-bond acceptors (Lipinski definition) is 4. The number of nitrogens with zero attached hydrogens (tertiary/aromatic N) is 2. The van der Waals surface area contributed by atoms with Crippen molar-refractivity contribution in [1.82, 2.24) is 9.88 Å². The molecule has 128 valence electrons. The molecule has 1 amide bonds. The first-order valence-electron chi connectivity index (χ1n) is 8.10. The van der Waals surface area contributed by atoms with Gasteiger partial charge in [-0.3, -0.25) is 4.98 Å². The average Bonchev–Trinajstić information content (AvgIpc) is 2.95. The molecule has 1 atom stereocenters. The van der Waals surface area contributed by atoms with Gasteiger partial charge in [0.1, 0.15) is 11.4 Å². The number of benzene rings is 1. The Morgan fingerprint density at radius 1 is 1.38 bits per heavy atom. The Morgan fingerprint density at radius 3 is 2.92 bits per heavy atom. The number of hydrogen-bond donors (Lipinski definition) is 1. The third kappa shape index (κ3) is 3.75. The van der Waals surface area contributed by atoms with Gasteiger partial charge in [0.25, 0.3) is 0 Å². The van der Waals surface area contributed by atoms with Gasteiger partial charge >= 0.3 is 6.09 Å². The zero-order chi connectivity index (χ0) is 17.3. The van der Waals surface area contributed by atoms with E-state index in [9.17, 15) is 9.18 Å². The first-order chi connectivity index (χ1) is 11.3. The summed E-state index contributed by atoms with van der Waals surface area (Å²) in [6.07, 6.45) is 2.22. The second-order valence-electron chi connectivity index (χ2n) is 7.08. The minimum absolute atomic E-state index is 0.103. The highest BCUT2D eigenvalue weighted by atomic mass is 19.1. The van der Waals surface area contributed by atoms with Crippen molar-refractivity contribution in [2.75, 3.05) is 18.4 Å². The van der Waals surface area contributed by atoms with E-state index < -0.39 is 5.60 Å². The maximum Gasteiger partial charge on any atom is 0.410 e. The third-order valence-electron chi connectivity index (χ3n) is 3.90. The molecule has 1 aromatic carbocycles. The van der Waals surface area contributed by atoms with Gasteiger partial charge in [0, 0.05) is 36.4 Å². The van der Waals surface area contributed by atoms with E-state index in [1.54, 1.807) is 17.2 Å². The number of pyridine rings is 1. The number of aromatic nitrogens is 1. The van der Waals surface area contributed by atoms with Gasteiger partial charge in [-0.1, -0.05) is 0 Å². The Balaban J connectivity index is 1.70. The van der Waals surface area contributed by atoms with Gasteiger partial charge in [-0.05, 0) is 51.5 Å². The summed E-state index contributed by atoms with van der Waals surface area (Å²) in [5.41, 5.74) is 1.07. The van der Waals surface area contributed by atoms with Gasteiger partial charge in [-0.25, -0.2) is 9.18 Å². The van der Waals surface area contributed by atoms with Crippen LogP contribution < -0.4 is 5.32 Å². The third-order valence-corrected chi connectivity index (χ3v) is 3.90. The molecule has 0 radical (unpaired) electrons. The summed E-state index contributed by atoms with van der Waals surface area (Å²) in [6, 6.07) is 6.48. The average molecular weight is 331 g/mol. The molecule has 0 spiro atoms. The Hall–Kier alpha value is -2.37. The van der Waals surface area contributed by atoms with Gasteiger partial charge in [0.05, 0.1) is 5.52 Å². The van der Waals surface area contributed by atoms with E-state index in [1.807, 2.05) is 26.8 Å². The van der Waals surface area contributed by atoms with Crippen LogP contribution in [0.15, 0.2) is 30.5 Å². The normalized spacial score (nSPS) is 18.0. The summed E-state index contributed by atoms with van der Waals surface area (Å²) in [7, 11) is 0. The molecule has 1 N–H and O–H groups in total. The monoisotopic (exact) mass is 331 g/mol. The van der Waals surface area contributed by atoms with Crippen molar-refractivity contribution < 1.29 is 13.9 Å². The molecular weight excluding hydrogens is 309 g/mol. The maximum absolute atomic E-state index is 13.5. The lowest BCUT2D eigenvalue weighted by Gasteiger charge is -2.24. The SMILES string of the molecule is CC(C)(C)OC(=O)N1CCC(Nc2ccnc3ccc(F)cc23)C1. The van der Waals surface area contributed by atoms with Crippen molar-refractivity contribution in [3.8, 4) is 0 Å². The summed E-state index contributed by atoms with van der Waals surface area (Å²) in [4.78, 5) is 18.1. The van der Waals surface area contributed by atoms with Crippen molar-refractivity contribution in [1.29, 1.82) is 0 Å². The highest BCUT2D eigenvalue weighted by Gasteiger charge is 2.29. The number of carbonyl (C=O) groups excluding carboxylic acids is 1. The molecule has 1 unspecified atom stereocenters. The van der Waals surface area contributed by atoms with Crippen LogP contribution in [0.4, 0.5) is 14.9 Å². The topological polar surface area (TPSA) is 54.5 Å². The van der Waals surface area contributed by atoms with E-state index >= 15 is 0 Å². The molecule has 24 heavy (non-hydrogen) atoms. The minimum atomic E-state index is -0.499. The van der Waals surface area contributed by atoms with Crippen LogP contribution in [0, 0.1) is 5.82 Å². The van der Waals surface area contributed by atoms with Crippen LogP contribution in [0.2, 0.25) is 0 Å². The molecule has 0 aliphatic carbocycles. The van der Waals surface area contributed by atoms with Crippen LogP contribution in [-0.4, -0.2) is 40.7 Å². The Labute approximate surface area is 140 Å². The fourth-order valence-corrected chi connectivity index (χ4v) is 2.83. The van der Waals surface area contributed by atoms with E-state index in [4.69, 9.17) is 4.74 Å². The molecule has 1 fully saturated rings. The van der Waals surface area contributed by atoms with E-state index in [2.05, 4.69) is 10.3 Å². The lowest BCUT2D eigenvalue weighted by atomic mass is 10.1. The number of fused-ring (bicyclic) bond motifs is 1. The molecule has 0 bridgehead atoms. The molecule has 0 saturated carbocycles. The molecule has 1 aliphatic heterocycles. The van der Waals surface area contributed by atoms with Crippen molar-refractivity contribution in [3.63, 3.8) is 0 Å². The fourth-order valence-electron chi connectivity index (χ4n) is 2.83. The van der Waals surface area contributed by atoms with Crippen molar-refractivity contribution >= 4 is 22.7 Å². The van der Waals surface area contributed by atoms with Crippen molar-refractivity contribution in [3.05, 3.63) is 36.3 Å². The molecule has 1 saturated heterocycles. The highest BCUT2D eigenvalue weighted by Crippen LogP contribution is 2.25. The zero-order valence-corrected chi connectivity index (χ0v) is 14.2. The standard InChI is InChI=1S/C18H22FN3O2/c1-18(2,3)24-17(23)22-9-7-13(11-22)21-16-6-8-20-15-5-4-12(19)10-14(15)16/h4-6,8,10,13H,7,9,11H2,1-3H3,(H,20,21). The molecular formula is C18H22FN3O2. The Morgan fingerprint density at radius 2 is 2.17 bits per heavy atom. The maximum atomic E-state index is 13.5. The van der Waals surface area contributed by atoms with Crippen LogP contribution in [-0.2, 0) is 4.74 Å². The molecule has 3 rings (SSSR count). The summed E-state index contributed by atoms with van der Waals surface area (Å²) in [5.74, 6) is -0.291. The predicted octanol–water partition coefficient (Wildman–Crippen LogP) is 3.80. The summed E-state index contributed by atoms with van der Waals surface area (Å²) in [6.45, 7) is 6.77. The van der Waals surface area contributed by atoms with Gasteiger partial charge < -0.3 is 15.0 Å². The number of anilines is 1. The lowest BCUT2D eigenvalue weighted by Crippen LogP contribution is -2.36. The summed E-state index contributed by atoms with van der Waals surface area (Å²) >= 11 is 0. The molecule has 1 aromatic heterocycles. The van der Waals surface area contributed by atoms with E-state index in [0.29, 0.717) is 13.1 Å². The number of rotatable bonds is 2. The van der Waals surface area contributed by atoms with Crippen LogP contribution in [0.5, 0.6) is 0 Å². The quantitative estimate of drug-likeness (QED) is 0.909. The number of halogens is 1. The number of amides is 1. The summed E-state index contributed by atoms with van der Waals surface area (Å²) < 4.78 is 18.9. The minimum Gasteiger partial charge on any atom is -0.444 e. The lowest BCUT2D eigenvalue weighted by molar-refractivity contribution is 0.0293. The van der Waals surface area contributed by atoms with Gasteiger partial charge in [-0.2, -0.15) is 0 Å². The van der Waals surface area contributed by atoms with Gasteiger partial charge in [0.2, 0.25) is 0 Å². The Kier molecular flexibility index (Phi) is 4.30. The number of nitrogens with one attached hydrogen (secondary N) is 1. The molecule has 1 aliphatic rings. The fraction of sp³-hybridized carbons (Fsp3) is 0.444. The second kappa shape index (κ2) is 6.26. The molecule has 5 nitrogen and oxygen atoms in total. The van der Waals surface area contributed by atoms with Crippen LogP contribution in [0.25, 0.3) is 10.9 Å². The van der Waals surface area contributed by atoms with Gasteiger partial charge in [0.15, 0.2) is 0 Å². The summed E-state index contributed by atoms with van der Waals surface area (Å²) in [5, 5.41) is 4.15.